The fourth-order valence-corrected chi connectivity index (χ4v) is 2.54. The largest absolute Gasteiger partial charge is 0.508 e. The number of phenols is 1. The third-order valence-electron chi connectivity index (χ3n) is 3.69. The minimum atomic E-state index is -0.353. The molecule has 3 aromatic rings. The summed E-state index contributed by atoms with van der Waals surface area (Å²) in [6.45, 7) is 0.464. The van der Waals surface area contributed by atoms with Crippen LogP contribution in [0.5, 0.6) is 11.5 Å². The quantitative estimate of drug-likeness (QED) is 0.452. The highest BCUT2D eigenvalue weighted by Crippen LogP contribution is 2.16. The molecule has 0 bridgehead atoms. The molecule has 6 heteroatoms. The van der Waals surface area contributed by atoms with E-state index in [0.717, 1.165) is 15.6 Å². The summed E-state index contributed by atoms with van der Waals surface area (Å²) < 4.78 is 6.82. The summed E-state index contributed by atoms with van der Waals surface area (Å²) in [5, 5.41) is 13.2. The molecule has 3 rings (SSSR count). The second kappa shape index (κ2) is 9.00. The van der Waals surface area contributed by atoms with Gasteiger partial charge in [-0.25, -0.2) is 5.43 Å². The SMILES string of the molecule is O=C(N/N=C/c1cccc(OCc2ccc(Br)cc2)c1)c1ccc(O)cc1. The highest BCUT2D eigenvalue weighted by molar-refractivity contribution is 9.10. The highest BCUT2D eigenvalue weighted by atomic mass is 79.9. The van der Waals surface area contributed by atoms with Gasteiger partial charge in [0.1, 0.15) is 18.1 Å². The molecular weight excluding hydrogens is 408 g/mol. The Balaban J connectivity index is 1.56. The Hall–Kier alpha value is -3.12. The van der Waals surface area contributed by atoms with Crippen LogP contribution in [-0.2, 0) is 6.61 Å². The van der Waals surface area contributed by atoms with Crippen LogP contribution < -0.4 is 10.2 Å². The third-order valence-corrected chi connectivity index (χ3v) is 4.21. The van der Waals surface area contributed by atoms with Crippen molar-refractivity contribution in [2.45, 2.75) is 6.61 Å². The van der Waals surface area contributed by atoms with Crippen molar-refractivity contribution in [2.24, 2.45) is 5.10 Å². The molecule has 0 spiro atoms. The number of rotatable bonds is 6. The van der Waals surface area contributed by atoms with E-state index in [9.17, 15) is 9.90 Å². The van der Waals surface area contributed by atoms with E-state index < -0.39 is 0 Å². The lowest BCUT2D eigenvalue weighted by atomic mass is 10.2. The summed E-state index contributed by atoms with van der Waals surface area (Å²) in [5.41, 5.74) is 4.73. The lowest BCUT2D eigenvalue weighted by molar-refractivity contribution is 0.0955. The maximum Gasteiger partial charge on any atom is 0.271 e. The molecule has 0 heterocycles. The van der Waals surface area contributed by atoms with Crippen LogP contribution in [0, 0.1) is 0 Å². The summed E-state index contributed by atoms with van der Waals surface area (Å²) >= 11 is 3.41. The van der Waals surface area contributed by atoms with Gasteiger partial charge >= 0.3 is 0 Å². The van der Waals surface area contributed by atoms with E-state index in [-0.39, 0.29) is 11.7 Å². The fourth-order valence-electron chi connectivity index (χ4n) is 2.27. The van der Waals surface area contributed by atoms with Gasteiger partial charge in [0.15, 0.2) is 0 Å². The van der Waals surface area contributed by atoms with E-state index in [2.05, 4.69) is 26.5 Å². The van der Waals surface area contributed by atoms with Gasteiger partial charge in [0.25, 0.3) is 5.91 Å². The number of ether oxygens (including phenoxy) is 1. The van der Waals surface area contributed by atoms with Crippen molar-refractivity contribution in [3.63, 3.8) is 0 Å². The normalized spacial score (nSPS) is 10.7. The number of benzene rings is 3. The minimum Gasteiger partial charge on any atom is -0.508 e. The van der Waals surface area contributed by atoms with Gasteiger partial charge in [-0.05, 0) is 59.7 Å². The van der Waals surface area contributed by atoms with E-state index in [1.807, 2.05) is 48.5 Å². The Morgan fingerprint density at radius 2 is 1.81 bits per heavy atom. The molecule has 0 saturated heterocycles. The van der Waals surface area contributed by atoms with Gasteiger partial charge in [-0.2, -0.15) is 5.10 Å². The third kappa shape index (κ3) is 5.69. The van der Waals surface area contributed by atoms with E-state index in [1.165, 1.54) is 24.3 Å². The predicted octanol–water partition coefficient (Wildman–Crippen LogP) is 4.50. The zero-order chi connectivity index (χ0) is 19.1. The number of nitrogens with zero attached hydrogens (tertiary/aromatic N) is 1. The number of carbonyl (C=O) groups is 1. The van der Waals surface area contributed by atoms with Gasteiger partial charge in [-0.15, -0.1) is 0 Å². The zero-order valence-corrected chi connectivity index (χ0v) is 15.9. The van der Waals surface area contributed by atoms with Crippen molar-refractivity contribution in [3.8, 4) is 11.5 Å². The molecule has 0 aliphatic rings. The van der Waals surface area contributed by atoms with Crippen LogP contribution in [-0.4, -0.2) is 17.2 Å². The first-order valence-electron chi connectivity index (χ1n) is 8.20. The average Bonchev–Trinajstić information content (AvgIpc) is 2.68. The summed E-state index contributed by atoms with van der Waals surface area (Å²) in [5.74, 6) is 0.468. The number of amides is 1. The molecule has 0 fully saturated rings. The Bertz CT molecular complexity index is 938. The molecule has 0 aliphatic carbocycles. The summed E-state index contributed by atoms with van der Waals surface area (Å²) in [6, 6.07) is 21.3. The first kappa shape index (κ1) is 18.7. The van der Waals surface area contributed by atoms with Crippen molar-refractivity contribution in [1.82, 2.24) is 5.43 Å². The number of phenolic OH excluding ortho intramolecular Hbond substituents is 1. The van der Waals surface area contributed by atoms with Gasteiger partial charge in [0, 0.05) is 10.0 Å². The van der Waals surface area contributed by atoms with Crippen LogP contribution in [0.3, 0.4) is 0 Å². The first-order chi connectivity index (χ1) is 13.1. The Morgan fingerprint density at radius 1 is 1.07 bits per heavy atom. The zero-order valence-electron chi connectivity index (χ0n) is 14.3. The molecule has 27 heavy (non-hydrogen) atoms. The monoisotopic (exact) mass is 424 g/mol. The van der Waals surface area contributed by atoms with Gasteiger partial charge in [0.2, 0.25) is 0 Å². The van der Waals surface area contributed by atoms with E-state index in [0.29, 0.717) is 17.9 Å². The molecule has 0 unspecified atom stereocenters. The van der Waals surface area contributed by atoms with Crippen LogP contribution in [0.25, 0.3) is 0 Å². The van der Waals surface area contributed by atoms with Crippen LogP contribution in [0.2, 0.25) is 0 Å². The minimum absolute atomic E-state index is 0.106. The van der Waals surface area contributed by atoms with Crippen molar-refractivity contribution < 1.29 is 14.6 Å². The number of carbonyl (C=O) groups excluding carboxylic acids is 1. The molecule has 0 aromatic heterocycles. The number of hydrogen-bond acceptors (Lipinski definition) is 4. The summed E-state index contributed by atoms with van der Waals surface area (Å²) in [7, 11) is 0. The molecule has 0 aliphatic heterocycles. The molecular formula is C21H17BrN2O3. The maximum absolute atomic E-state index is 12.0. The van der Waals surface area contributed by atoms with Crippen molar-refractivity contribution >= 4 is 28.1 Å². The Kier molecular flexibility index (Phi) is 6.22. The lowest BCUT2D eigenvalue weighted by Crippen LogP contribution is -2.17. The second-order valence-electron chi connectivity index (χ2n) is 5.73. The van der Waals surface area contributed by atoms with E-state index >= 15 is 0 Å². The molecule has 136 valence electrons. The van der Waals surface area contributed by atoms with Gasteiger partial charge in [0.05, 0.1) is 6.21 Å². The average molecular weight is 425 g/mol. The summed E-state index contributed by atoms with van der Waals surface area (Å²) in [6.07, 6.45) is 1.55. The second-order valence-corrected chi connectivity index (χ2v) is 6.65. The van der Waals surface area contributed by atoms with Crippen molar-refractivity contribution in [2.75, 3.05) is 0 Å². The van der Waals surface area contributed by atoms with E-state index in [1.54, 1.807) is 6.21 Å². The first-order valence-corrected chi connectivity index (χ1v) is 8.99. The van der Waals surface area contributed by atoms with Gasteiger partial charge < -0.3 is 9.84 Å². The number of nitrogens with one attached hydrogen (secondary N) is 1. The number of aromatic hydroxyl groups is 1. The molecule has 3 aromatic carbocycles. The topological polar surface area (TPSA) is 70.9 Å². The molecule has 0 radical (unpaired) electrons. The molecule has 0 saturated carbocycles. The highest BCUT2D eigenvalue weighted by Gasteiger charge is 2.03. The Morgan fingerprint density at radius 3 is 2.56 bits per heavy atom. The number of hydrazone groups is 1. The number of hydrogen-bond donors (Lipinski definition) is 2. The number of halogens is 1. The molecule has 0 atom stereocenters. The van der Waals surface area contributed by atoms with Crippen LogP contribution in [0.1, 0.15) is 21.5 Å². The molecule has 1 amide bonds. The van der Waals surface area contributed by atoms with E-state index in [4.69, 9.17) is 4.74 Å². The van der Waals surface area contributed by atoms with Crippen molar-refractivity contribution in [1.29, 1.82) is 0 Å². The Labute approximate surface area is 165 Å². The molecule has 2 N–H and O–H groups in total. The standard InChI is InChI=1S/C21H17BrN2O3/c22-18-8-4-15(5-9-18)14-27-20-3-1-2-16(12-20)13-23-24-21(26)17-6-10-19(25)11-7-17/h1-13,25H,14H2,(H,24,26)/b23-13+. The van der Waals surface area contributed by atoms with Gasteiger partial charge in [-0.1, -0.05) is 40.2 Å². The summed E-state index contributed by atoms with van der Waals surface area (Å²) in [4.78, 5) is 12.0. The maximum atomic E-state index is 12.0. The van der Waals surface area contributed by atoms with Crippen LogP contribution in [0.15, 0.2) is 82.4 Å². The lowest BCUT2D eigenvalue weighted by Gasteiger charge is -2.07. The predicted molar refractivity (Wildman–Crippen MR) is 108 cm³/mol. The van der Waals surface area contributed by atoms with Crippen molar-refractivity contribution in [3.05, 3.63) is 94.0 Å². The molecule has 5 nitrogen and oxygen atoms in total. The van der Waals surface area contributed by atoms with Gasteiger partial charge in [-0.3, -0.25) is 4.79 Å². The van der Waals surface area contributed by atoms with Crippen LogP contribution >= 0.6 is 15.9 Å². The smallest absolute Gasteiger partial charge is 0.271 e. The fraction of sp³-hybridized carbons (Fsp3) is 0.0476. The van der Waals surface area contributed by atoms with Crippen LogP contribution in [0.4, 0.5) is 0 Å².